The van der Waals surface area contributed by atoms with Crippen LogP contribution >= 0.6 is 11.6 Å². The number of anilines is 1. The number of hydrogen-bond acceptors (Lipinski definition) is 2. The highest BCUT2D eigenvalue weighted by atomic mass is 35.5. The number of halogens is 2. The fraction of sp³-hybridized carbons (Fsp3) is 0.417. The van der Waals surface area contributed by atoms with Crippen molar-refractivity contribution in [3.8, 4) is 0 Å². The predicted molar refractivity (Wildman–Crippen MR) is 69.5 cm³/mol. The van der Waals surface area contributed by atoms with Gasteiger partial charge >= 0.3 is 6.03 Å². The van der Waals surface area contributed by atoms with Crippen LogP contribution in [0.3, 0.4) is 0 Å². The SMILES string of the molecule is COCC[C@@H](C)NC(=O)Nc1cc(Cl)ccc1F. The molecule has 0 aliphatic heterocycles. The molecule has 2 amide bonds. The average Bonchev–Trinajstić information content (AvgIpc) is 2.31. The van der Waals surface area contributed by atoms with Gasteiger partial charge in [-0.2, -0.15) is 0 Å². The molecular weight excluding hydrogens is 259 g/mol. The fourth-order valence-corrected chi connectivity index (χ4v) is 1.51. The van der Waals surface area contributed by atoms with Crippen molar-refractivity contribution in [3.05, 3.63) is 29.0 Å². The van der Waals surface area contributed by atoms with Crippen molar-refractivity contribution in [2.45, 2.75) is 19.4 Å². The van der Waals surface area contributed by atoms with Crippen molar-refractivity contribution in [2.75, 3.05) is 19.0 Å². The van der Waals surface area contributed by atoms with Crippen molar-refractivity contribution >= 4 is 23.3 Å². The predicted octanol–water partition coefficient (Wildman–Crippen LogP) is 3.03. The van der Waals surface area contributed by atoms with Gasteiger partial charge in [0, 0.05) is 24.8 Å². The Labute approximate surface area is 110 Å². The van der Waals surface area contributed by atoms with Crippen LogP contribution in [0.5, 0.6) is 0 Å². The molecule has 0 unspecified atom stereocenters. The summed E-state index contributed by atoms with van der Waals surface area (Å²) in [6.07, 6.45) is 0.682. The molecule has 0 aromatic heterocycles. The largest absolute Gasteiger partial charge is 0.385 e. The van der Waals surface area contributed by atoms with Gasteiger partial charge in [-0.1, -0.05) is 11.6 Å². The Morgan fingerprint density at radius 3 is 2.94 bits per heavy atom. The Bertz CT molecular complexity index is 415. The fourth-order valence-electron chi connectivity index (χ4n) is 1.34. The zero-order valence-electron chi connectivity index (χ0n) is 10.3. The highest BCUT2D eigenvalue weighted by Gasteiger charge is 2.10. The number of nitrogens with one attached hydrogen (secondary N) is 2. The first kappa shape index (κ1) is 14.7. The zero-order chi connectivity index (χ0) is 13.5. The van der Waals surface area contributed by atoms with Crippen LogP contribution in [0, 0.1) is 5.82 Å². The smallest absolute Gasteiger partial charge is 0.319 e. The van der Waals surface area contributed by atoms with Crippen molar-refractivity contribution in [3.63, 3.8) is 0 Å². The first-order valence-corrected chi connectivity index (χ1v) is 5.92. The lowest BCUT2D eigenvalue weighted by molar-refractivity contribution is 0.185. The van der Waals surface area contributed by atoms with Crippen molar-refractivity contribution in [1.29, 1.82) is 0 Å². The molecule has 0 bridgehead atoms. The summed E-state index contributed by atoms with van der Waals surface area (Å²) in [6, 6.07) is 3.44. The second-order valence-corrected chi connectivity index (χ2v) is 4.34. The van der Waals surface area contributed by atoms with E-state index in [1.54, 1.807) is 7.11 Å². The van der Waals surface area contributed by atoms with Crippen molar-refractivity contribution < 1.29 is 13.9 Å². The Hall–Kier alpha value is -1.33. The van der Waals surface area contributed by atoms with Crippen LogP contribution in [0.4, 0.5) is 14.9 Å². The topological polar surface area (TPSA) is 50.4 Å². The molecule has 2 N–H and O–H groups in total. The quantitative estimate of drug-likeness (QED) is 0.867. The third kappa shape index (κ3) is 4.89. The summed E-state index contributed by atoms with van der Waals surface area (Å²) in [6.45, 7) is 2.39. The van der Waals surface area contributed by atoms with E-state index in [-0.39, 0.29) is 11.7 Å². The molecule has 1 aromatic rings. The van der Waals surface area contributed by atoms with Crippen LogP contribution in [-0.2, 0) is 4.74 Å². The molecule has 0 fully saturated rings. The standard InChI is InChI=1S/C12H16ClFN2O2/c1-8(5-6-18-2)15-12(17)16-11-7-9(13)3-4-10(11)14/h3-4,7-8H,5-6H2,1-2H3,(H2,15,16,17)/t8-/m1/s1. The van der Waals surface area contributed by atoms with Gasteiger partial charge in [-0.05, 0) is 31.5 Å². The maximum atomic E-state index is 13.3. The summed E-state index contributed by atoms with van der Waals surface area (Å²) in [5.74, 6) is -0.529. The summed E-state index contributed by atoms with van der Waals surface area (Å²) >= 11 is 5.72. The summed E-state index contributed by atoms with van der Waals surface area (Å²) in [4.78, 5) is 11.6. The number of urea groups is 1. The normalized spacial score (nSPS) is 12.0. The van der Waals surface area contributed by atoms with Crippen LogP contribution in [0.15, 0.2) is 18.2 Å². The molecular formula is C12H16ClFN2O2. The van der Waals surface area contributed by atoms with Crippen LogP contribution in [0.1, 0.15) is 13.3 Å². The van der Waals surface area contributed by atoms with E-state index in [4.69, 9.17) is 16.3 Å². The number of carbonyl (C=O) groups is 1. The third-order valence-electron chi connectivity index (χ3n) is 2.31. The molecule has 1 atom stereocenters. The molecule has 6 heteroatoms. The van der Waals surface area contributed by atoms with E-state index < -0.39 is 11.8 Å². The summed E-state index contributed by atoms with van der Waals surface area (Å²) in [5, 5.41) is 5.44. The number of ether oxygens (including phenoxy) is 1. The van der Waals surface area contributed by atoms with Crippen molar-refractivity contribution in [1.82, 2.24) is 5.32 Å². The molecule has 0 radical (unpaired) electrons. The molecule has 100 valence electrons. The Kier molecular flexibility index (Phi) is 5.88. The minimum absolute atomic E-state index is 0.0546. The van der Waals surface area contributed by atoms with Crippen LogP contribution in [-0.4, -0.2) is 25.8 Å². The molecule has 0 saturated heterocycles. The molecule has 1 aromatic carbocycles. The number of rotatable bonds is 5. The van der Waals surface area contributed by atoms with E-state index in [0.29, 0.717) is 18.1 Å². The van der Waals surface area contributed by atoms with E-state index >= 15 is 0 Å². The van der Waals surface area contributed by atoms with E-state index in [9.17, 15) is 9.18 Å². The Morgan fingerprint density at radius 2 is 2.28 bits per heavy atom. The van der Waals surface area contributed by atoms with Gasteiger partial charge in [0.25, 0.3) is 0 Å². The molecule has 1 rings (SSSR count). The molecule has 0 spiro atoms. The summed E-state index contributed by atoms with van der Waals surface area (Å²) in [7, 11) is 1.59. The lowest BCUT2D eigenvalue weighted by Crippen LogP contribution is -2.36. The summed E-state index contributed by atoms with van der Waals surface area (Å²) < 4.78 is 18.2. The second kappa shape index (κ2) is 7.18. The zero-order valence-corrected chi connectivity index (χ0v) is 11.1. The summed E-state index contributed by atoms with van der Waals surface area (Å²) in [5.41, 5.74) is 0.0546. The number of hydrogen-bond donors (Lipinski definition) is 2. The Morgan fingerprint density at radius 1 is 1.56 bits per heavy atom. The molecule has 0 aliphatic carbocycles. The highest BCUT2D eigenvalue weighted by Crippen LogP contribution is 2.19. The number of methoxy groups -OCH3 is 1. The maximum absolute atomic E-state index is 13.3. The lowest BCUT2D eigenvalue weighted by Gasteiger charge is -2.14. The van der Waals surface area contributed by atoms with Gasteiger partial charge in [-0.25, -0.2) is 9.18 Å². The van der Waals surface area contributed by atoms with E-state index in [1.807, 2.05) is 6.92 Å². The number of carbonyl (C=O) groups excluding carboxylic acids is 1. The van der Waals surface area contributed by atoms with Crippen LogP contribution in [0.25, 0.3) is 0 Å². The lowest BCUT2D eigenvalue weighted by atomic mass is 10.2. The number of amides is 2. The van der Waals surface area contributed by atoms with Gasteiger partial charge in [0.2, 0.25) is 0 Å². The first-order chi connectivity index (χ1) is 8.52. The van der Waals surface area contributed by atoms with Gasteiger partial charge in [0.05, 0.1) is 5.69 Å². The molecule has 4 nitrogen and oxygen atoms in total. The van der Waals surface area contributed by atoms with E-state index in [1.165, 1.54) is 18.2 Å². The molecule has 0 aliphatic rings. The van der Waals surface area contributed by atoms with Crippen LogP contribution < -0.4 is 10.6 Å². The number of benzene rings is 1. The molecule has 18 heavy (non-hydrogen) atoms. The van der Waals surface area contributed by atoms with E-state index in [0.717, 1.165) is 0 Å². The van der Waals surface area contributed by atoms with E-state index in [2.05, 4.69) is 10.6 Å². The van der Waals surface area contributed by atoms with Gasteiger partial charge in [-0.3, -0.25) is 0 Å². The van der Waals surface area contributed by atoms with Gasteiger partial charge < -0.3 is 15.4 Å². The second-order valence-electron chi connectivity index (χ2n) is 3.91. The average molecular weight is 275 g/mol. The van der Waals surface area contributed by atoms with Gasteiger partial charge in [0.1, 0.15) is 5.82 Å². The molecule has 0 heterocycles. The maximum Gasteiger partial charge on any atom is 0.319 e. The highest BCUT2D eigenvalue weighted by molar-refractivity contribution is 6.30. The first-order valence-electron chi connectivity index (χ1n) is 5.54. The third-order valence-corrected chi connectivity index (χ3v) is 2.54. The van der Waals surface area contributed by atoms with Gasteiger partial charge in [-0.15, -0.1) is 0 Å². The van der Waals surface area contributed by atoms with Gasteiger partial charge in [0.15, 0.2) is 0 Å². The van der Waals surface area contributed by atoms with Crippen LogP contribution in [0.2, 0.25) is 5.02 Å². The minimum Gasteiger partial charge on any atom is -0.385 e. The Balaban J connectivity index is 2.51. The monoisotopic (exact) mass is 274 g/mol. The molecule has 0 saturated carbocycles. The van der Waals surface area contributed by atoms with Crippen molar-refractivity contribution in [2.24, 2.45) is 0 Å². The minimum atomic E-state index is -0.529.